The van der Waals surface area contributed by atoms with Crippen LogP contribution in [0.15, 0.2) is 29.1 Å². The maximum absolute atomic E-state index is 13.0. The van der Waals surface area contributed by atoms with Crippen molar-refractivity contribution >= 4 is 0 Å². The highest BCUT2D eigenvalue weighted by molar-refractivity contribution is 5.34. The Morgan fingerprint density at radius 2 is 2.29 bits per heavy atom. The van der Waals surface area contributed by atoms with Gasteiger partial charge in [0, 0.05) is 0 Å². The van der Waals surface area contributed by atoms with E-state index in [9.17, 15) is 4.39 Å². The van der Waals surface area contributed by atoms with Crippen molar-refractivity contribution in [3.8, 4) is 5.75 Å². The van der Waals surface area contributed by atoms with Crippen molar-refractivity contribution in [1.82, 2.24) is 10.1 Å². The van der Waals surface area contributed by atoms with E-state index in [1.54, 1.807) is 6.07 Å². The molecule has 1 aromatic carbocycles. The molecule has 0 spiro atoms. The van der Waals surface area contributed by atoms with Gasteiger partial charge in [0.2, 0.25) is 12.2 Å². The fourth-order valence-corrected chi connectivity index (χ4v) is 1.44. The van der Waals surface area contributed by atoms with Crippen LogP contribution in [0, 0.1) is 5.82 Å². The number of hydrogen-bond acceptors (Lipinski definition) is 5. The summed E-state index contributed by atoms with van der Waals surface area (Å²) in [6, 6.07) is 4.32. The Labute approximate surface area is 97.4 Å². The molecule has 0 aliphatic rings. The van der Waals surface area contributed by atoms with E-state index < -0.39 is 0 Å². The Morgan fingerprint density at radius 1 is 1.41 bits per heavy atom. The molecular formula is C11H12FN3O2. The second kappa shape index (κ2) is 5.40. The number of aromatic nitrogens is 2. The van der Waals surface area contributed by atoms with E-state index >= 15 is 0 Å². The van der Waals surface area contributed by atoms with Crippen LogP contribution in [0.3, 0.4) is 0 Å². The van der Waals surface area contributed by atoms with E-state index in [0.717, 1.165) is 5.56 Å². The smallest absolute Gasteiger partial charge is 0.213 e. The summed E-state index contributed by atoms with van der Waals surface area (Å²) < 4.78 is 23.1. The molecule has 5 nitrogen and oxygen atoms in total. The van der Waals surface area contributed by atoms with Gasteiger partial charge in [-0.2, -0.15) is 4.98 Å². The summed E-state index contributed by atoms with van der Waals surface area (Å²) in [4.78, 5) is 3.82. The van der Waals surface area contributed by atoms with E-state index in [-0.39, 0.29) is 12.4 Å². The molecule has 0 aliphatic carbocycles. The summed E-state index contributed by atoms with van der Waals surface area (Å²) in [5.74, 6) is 0.718. The fraction of sp³-hybridized carbons (Fsp3) is 0.273. The molecule has 17 heavy (non-hydrogen) atoms. The van der Waals surface area contributed by atoms with Crippen molar-refractivity contribution in [1.29, 1.82) is 0 Å². The van der Waals surface area contributed by atoms with Crippen LogP contribution in [0.1, 0.15) is 11.4 Å². The van der Waals surface area contributed by atoms with E-state index in [2.05, 4.69) is 14.7 Å². The van der Waals surface area contributed by atoms with Crippen molar-refractivity contribution in [3.05, 3.63) is 41.8 Å². The zero-order chi connectivity index (χ0) is 12.1. The number of benzene rings is 1. The molecule has 0 unspecified atom stereocenters. The molecule has 0 amide bonds. The summed E-state index contributed by atoms with van der Waals surface area (Å²) in [6.45, 7) is 0.613. The van der Waals surface area contributed by atoms with E-state index in [4.69, 9.17) is 10.5 Å². The molecule has 90 valence electrons. The molecule has 0 atom stereocenters. The zero-order valence-corrected chi connectivity index (χ0v) is 9.10. The quantitative estimate of drug-likeness (QED) is 0.848. The first kappa shape index (κ1) is 11.5. The minimum atomic E-state index is -0.305. The third-order valence-corrected chi connectivity index (χ3v) is 2.20. The lowest BCUT2D eigenvalue weighted by atomic mass is 10.1. The van der Waals surface area contributed by atoms with Gasteiger partial charge in [-0.1, -0.05) is 5.16 Å². The van der Waals surface area contributed by atoms with Gasteiger partial charge in [0.05, 0.1) is 0 Å². The highest BCUT2D eigenvalue weighted by Gasteiger charge is 2.06. The minimum absolute atomic E-state index is 0.180. The monoisotopic (exact) mass is 237 g/mol. The normalized spacial score (nSPS) is 10.5. The number of ether oxygens (including phenoxy) is 1. The summed E-state index contributed by atoms with van der Waals surface area (Å²) >= 11 is 0. The van der Waals surface area contributed by atoms with Gasteiger partial charge in [-0.15, -0.1) is 0 Å². The standard InChI is InChI=1S/C11H12FN3O2/c12-9-1-2-10(8(5-9)3-4-13)16-6-11-14-7-17-15-11/h1-2,5,7H,3-4,6,13H2. The van der Waals surface area contributed by atoms with Crippen LogP contribution in [-0.2, 0) is 13.0 Å². The van der Waals surface area contributed by atoms with Crippen LogP contribution in [0.4, 0.5) is 4.39 Å². The first-order chi connectivity index (χ1) is 8.29. The summed E-state index contributed by atoms with van der Waals surface area (Å²) in [7, 11) is 0. The van der Waals surface area contributed by atoms with Crippen molar-refractivity contribution < 1.29 is 13.7 Å². The fourth-order valence-electron chi connectivity index (χ4n) is 1.44. The predicted molar refractivity (Wildman–Crippen MR) is 57.8 cm³/mol. The van der Waals surface area contributed by atoms with Crippen molar-refractivity contribution in [3.63, 3.8) is 0 Å². The van der Waals surface area contributed by atoms with Gasteiger partial charge in [0.1, 0.15) is 11.6 Å². The van der Waals surface area contributed by atoms with Crippen molar-refractivity contribution in [2.75, 3.05) is 6.54 Å². The maximum atomic E-state index is 13.0. The molecule has 0 radical (unpaired) electrons. The Kier molecular flexibility index (Phi) is 3.66. The molecule has 0 saturated carbocycles. The zero-order valence-electron chi connectivity index (χ0n) is 9.10. The van der Waals surface area contributed by atoms with E-state index in [1.165, 1.54) is 18.5 Å². The number of halogens is 1. The highest BCUT2D eigenvalue weighted by atomic mass is 19.1. The van der Waals surface area contributed by atoms with Crippen LogP contribution in [0.5, 0.6) is 5.75 Å². The topological polar surface area (TPSA) is 74.2 Å². The summed E-state index contributed by atoms with van der Waals surface area (Å²) in [6.07, 6.45) is 1.78. The Bertz CT molecular complexity index is 474. The molecule has 1 aromatic heterocycles. The van der Waals surface area contributed by atoms with Crippen molar-refractivity contribution in [2.45, 2.75) is 13.0 Å². The van der Waals surface area contributed by atoms with Gasteiger partial charge in [-0.25, -0.2) is 4.39 Å². The highest BCUT2D eigenvalue weighted by Crippen LogP contribution is 2.20. The summed E-state index contributed by atoms with van der Waals surface area (Å²) in [5.41, 5.74) is 6.18. The van der Waals surface area contributed by atoms with Crippen LogP contribution in [0.25, 0.3) is 0 Å². The van der Waals surface area contributed by atoms with Crippen LogP contribution < -0.4 is 10.5 Å². The van der Waals surface area contributed by atoms with E-state index in [1.807, 2.05) is 0 Å². The average Bonchev–Trinajstić information content (AvgIpc) is 2.81. The minimum Gasteiger partial charge on any atom is -0.485 e. The molecule has 1 heterocycles. The van der Waals surface area contributed by atoms with Gasteiger partial charge >= 0.3 is 0 Å². The third kappa shape index (κ3) is 3.01. The number of nitrogens with two attached hydrogens (primary N) is 1. The molecule has 2 rings (SSSR count). The van der Waals surface area contributed by atoms with Crippen LogP contribution in [-0.4, -0.2) is 16.7 Å². The van der Waals surface area contributed by atoms with Gasteiger partial charge < -0.3 is 15.0 Å². The Balaban J connectivity index is 2.08. The van der Waals surface area contributed by atoms with Gasteiger partial charge in [-0.05, 0) is 36.7 Å². The molecule has 2 N–H and O–H groups in total. The molecule has 0 saturated heterocycles. The molecule has 0 bridgehead atoms. The number of nitrogens with zero attached hydrogens (tertiary/aromatic N) is 2. The number of hydrogen-bond donors (Lipinski definition) is 1. The largest absolute Gasteiger partial charge is 0.485 e. The second-order valence-corrected chi connectivity index (χ2v) is 3.43. The molecular weight excluding hydrogens is 225 g/mol. The number of rotatable bonds is 5. The lowest BCUT2D eigenvalue weighted by molar-refractivity contribution is 0.283. The molecule has 0 aliphatic heterocycles. The van der Waals surface area contributed by atoms with Crippen LogP contribution in [0.2, 0.25) is 0 Å². The molecule has 0 fully saturated rings. The lowest BCUT2D eigenvalue weighted by Crippen LogP contribution is -2.06. The SMILES string of the molecule is NCCc1cc(F)ccc1OCc1ncon1. The third-order valence-electron chi connectivity index (χ3n) is 2.20. The summed E-state index contributed by atoms with van der Waals surface area (Å²) in [5, 5.41) is 3.61. The van der Waals surface area contributed by atoms with Crippen molar-refractivity contribution in [2.24, 2.45) is 5.73 Å². The van der Waals surface area contributed by atoms with Crippen LogP contribution >= 0.6 is 0 Å². The second-order valence-electron chi connectivity index (χ2n) is 3.43. The Hall–Kier alpha value is -1.95. The molecule has 2 aromatic rings. The Morgan fingerprint density at radius 3 is 3.00 bits per heavy atom. The lowest BCUT2D eigenvalue weighted by Gasteiger charge is -2.09. The van der Waals surface area contributed by atoms with Gasteiger partial charge in [0.25, 0.3) is 0 Å². The first-order valence-corrected chi connectivity index (χ1v) is 5.16. The predicted octanol–water partition coefficient (Wildman–Crippen LogP) is 1.29. The maximum Gasteiger partial charge on any atom is 0.213 e. The average molecular weight is 237 g/mol. The molecule has 6 heteroatoms. The van der Waals surface area contributed by atoms with Gasteiger partial charge in [-0.3, -0.25) is 0 Å². The van der Waals surface area contributed by atoms with E-state index in [0.29, 0.717) is 24.5 Å². The van der Waals surface area contributed by atoms with Gasteiger partial charge in [0.15, 0.2) is 6.61 Å². The first-order valence-electron chi connectivity index (χ1n) is 5.16.